The molecule has 0 aromatic rings. The van der Waals surface area contributed by atoms with Gasteiger partial charge in [0.1, 0.15) is 0 Å². The molecule has 0 saturated carbocycles. The van der Waals surface area contributed by atoms with Gasteiger partial charge >= 0.3 is 0 Å². The normalized spacial score (nSPS) is 12.0. The average molecular weight is 355 g/mol. The second-order valence-corrected chi connectivity index (χ2v) is 8.99. The standard InChI is InChI=1S/C24H52N/c1-5-7-8-9-10-11-12-13-14-15-16-17-18-19-20-21-22-23-24-25(3,4)6-2/h5-24H2,1-4H3/q+1. The highest BCUT2D eigenvalue weighted by Gasteiger charge is 2.09. The highest BCUT2D eigenvalue weighted by atomic mass is 15.3. The molecule has 0 fully saturated rings. The van der Waals surface area contributed by atoms with E-state index in [0.717, 1.165) is 0 Å². The van der Waals surface area contributed by atoms with Gasteiger partial charge < -0.3 is 4.48 Å². The van der Waals surface area contributed by atoms with Crippen molar-refractivity contribution in [3.63, 3.8) is 0 Å². The third-order valence-corrected chi connectivity index (χ3v) is 5.97. The highest BCUT2D eigenvalue weighted by molar-refractivity contribution is 4.50. The van der Waals surface area contributed by atoms with Crippen molar-refractivity contribution < 1.29 is 4.48 Å². The minimum Gasteiger partial charge on any atom is -0.329 e. The second kappa shape index (κ2) is 18.7. The molecule has 152 valence electrons. The summed E-state index contributed by atoms with van der Waals surface area (Å²) < 4.78 is 1.19. The molecule has 0 bridgehead atoms. The van der Waals surface area contributed by atoms with Crippen molar-refractivity contribution >= 4 is 0 Å². The van der Waals surface area contributed by atoms with Crippen LogP contribution in [0.3, 0.4) is 0 Å². The molecule has 0 saturated heterocycles. The lowest BCUT2D eigenvalue weighted by molar-refractivity contribution is -0.888. The molecule has 0 aromatic carbocycles. The van der Waals surface area contributed by atoms with Crippen molar-refractivity contribution in [2.45, 2.75) is 129 Å². The molecule has 0 spiro atoms. The number of nitrogens with zero attached hydrogens (tertiary/aromatic N) is 1. The highest BCUT2D eigenvalue weighted by Crippen LogP contribution is 2.14. The lowest BCUT2D eigenvalue weighted by Gasteiger charge is -2.28. The van der Waals surface area contributed by atoms with E-state index in [1.165, 1.54) is 133 Å². The molecule has 0 aliphatic carbocycles. The smallest absolute Gasteiger partial charge is 0.0782 e. The first kappa shape index (κ1) is 25.0. The zero-order valence-electron chi connectivity index (χ0n) is 18.6. The van der Waals surface area contributed by atoms with Gasteiger partial charge in [-0.15, -0.1) is 0 Å². The van der Waals surface area contributed by atoms with E-state index < -0.39 is 0 Å². The summed E-state index contributed by atoms with van der Waals surface area (Å²) in [7, 11) is 4.71. The SMILES string of the molecule is CCCCCCCCCCCCCCCCCCCC[N+](C)(C)CC. The maximum Gasteiger partial charge on any atom is 0.0782 e. The van der Waals surface area contributed by atoms with Gasteiger partial charge in [-0.1, -0.05) is 110 Å². The van der Waals surface area contributed by atoms with Crippen LogP contribution in [0.25, 0.3) is 0 Å². The summed E-state index contributed by atoms with van der Waals surface area (Å²) in [5.74, 6) is 0. The quantitative estimate of drug-likeness (QED) is 0.153. The van der Waals surface area contributed by atoms with Gasteiger partial charge in [-0.05, 0) is 19.8 Å². The number of quaternary nitrogens is 1. The van der Waals surface area contributed by atoms with Crippen LogP contribution in [0.5, 0.6) is 0 Å². The first-order valence-electron chi connectivity index (χ1n) is 11.9. The van der Waals surface area contributed by atoms with Gasteiger partial charge in [0.05, 0.1) is 27.2 Å². The predicted molar refractivity (Wildman–Crippen MR) is 116 cm³/mol. The summed E-state index contributed by atoms with van der Waals surface area (Å²) in [6.07, 6.45) is 26.4. The molecule has 0 atom stereocenters. The van der Waals surface area contributed by atoms with E-state index in [1.807, 2.05) is 0 Å². The maximum atomic E-state index is 2.35. The number of unbranched alkanes of at least 4 members (excludes halogenated alkanes) is 17. The van der Waals surface area contributed by atoms with Gasteiger partial charge in [0, 0.05) is 0 Å². The Labute approximate surface area is 161 Å². The zero-order chi connectivity index (χ0) is 18.6. The van der Waals surface area contributed by atoms with Crippen LogP contribution in [-0.2, 0) is 0 Å². The Kier molecular flexibility index (Phi) is 18.7. The summed E-state index contributed by atoms with van der Waals surface area (Å²) >= 11 is 0. The van der Waals surface area contributed by atoms with Gasteiger partial charge in [0.2, 0.25) is 0 Å². The van der Waals surface area contributed by atoms with Crippen molar-refractivity contribution in [2.75, 3.05) is 27.2 Å². The lowest BCUT2D eigenvalue weighted by atomic mass is 10.0. The molecule has 25 heavy (non-hydrogen) atoms. The van der Waals surface area contributed by atoms with Crippen LogP contribution in [0.2, 0.25) is 0 Å². The molecule has 0 N–H and O–H groups in total. The Morgan fingerprint density at radius 3 is 0.960 bits per heavy atom. The molecule has 0 heterocycles. The van der Waals surface area contributed by atoms with E-state index in [9.17, 15) is 0 Å². The van der Waals surface area contributed by atoms with Crippen LogP contribution in [0.15, 0.2) is 0 Å². The van der Waals surface area contributed by atoms with Crippen LogP contribution in [0, 0.1) is 0 Å². The topological polar surface area (TPSA) is 0 Å². The molecule has 1 heteroatoms. The summed E-state index contributed by atoms with van der Waals surface area (Å²) in [4.78, 5) is 0. The van der Waals surface area contributed by atoms with Gasteiger partial charge in [0.25, 0.3) is 0 Å². The summed E-state index contributed by atoms with van der Waals surface area (Å²) in [5.41, 5.74) is 0. The first-order chi connectivity index (χ1) is 12.1. The van der Waals surface area contributed by atoms with Crippen LogP contribution >= 0.6 is 0 Å². The van der Waals surface area contributed by atoms with Crippen LogP contribution in [0.4, 0.5) is 0 Å². The molecule has 0 amide bonds. The number of rotatable bonds is 20. The van der Waals surface area contributed by atoms with Crippen molar-refractivity contribution in [2.24, 2.45) is 0 Å². The van der Waals surface area contributed by atoms with Crippen molar-refractivity contribution in [3.05, 3.63) is 0 Å². The van der Waals surface area contributed by atoms with E-state index in [1.54, 1.807) is 0 Å². The fourth-order valence-corrected chi connectivity index (χ4v) is 3.60. The summed E-state index contributed by atoms with van der Waals surface area (Å²) in [6.45, 7) is 7.22. The van der Waals surface area contributed by atoms with Crippen molar-refractivity contribution in [3.8, 4) is 0 Å². The minimum atomic E-state index is 1.19. The minimum absolute atomic E-state index is 1.19. The Morgan fingerprint density at radius 2 is 0.680 bits per heavy atom. The molecular weight excluding hydrogens is 302 g/mol. The van der Waals surface area contributed by atoms with E-state index in [0.29, 0.717) is 0 Å². The molecule has 0 unspecified atom stereocenters. The van der Waals surface area contributed by atoms with Gasteiger partial charge in [-0.2, -0.15) is 0 Å². The Morgan fingerprint density at radius 1 is 0.400 bits per heavy atom. The maximum absolute atomic E-state index is 2.35. The molecule has 1 nitrogen and oxygen atoms in total. The fraction of sp³-hybridized carbons (Fsp3) is 1.00. The van der Waals surface area contributed by atoms with Gasteiger partial charge in [0.15, 0.2) is 0 Å². The summed E-state index contributed by atoms with van der Waals surface area (Å²) in [6, 6.07) is 0. The molecule has 0 aliphatic heterocycles. The molecule has 0 rings (SSSR count). The van der Waals surface area contributed by atoms with Crippen LogP contribution < -0.4 is 0 Å². The van der Waals surface area contributed by atoms with Crippen LogP contribution in [-0.4, -0.2) is 31.7 Å². The van der Waals surface area contributed by atoms with E-state index >= 15 is 0 Å². The molecular formula is C24H52N+. The third kappa shape index (κ3) is 20.1. The Hall–Kier alpha value is -0.0400. The Balaban J connectivity index is 3.05. The number of hydrogen-bond acceptors (Lipinski definition) is 0. The van der Waals surface area contributed by atoms with Gasteiger partial charge in [-0.3, -0.25) is 0 Å². The summed E-state index contributed by atoms with van der Waals surface area (Å²) in [5, 5.41) is 0. The average Bonchev–Trinajstić information content (AvgIpc) is 2.60. The van der Waals surface area contributed by atoms with Crippen LogP contribution in [0.1, 0.15) is 129 Å². The fourth-order valence-electron chi connectivity index (χ4n) is 3.60. The first-order valence-corrected chi connectivity index (χ1v) is 11.9. The number of hydrogen-bond donors (Lipinski definition) is 0. The lowest BCUT2D eigenvalue weighted by Crippen LogP contribution is -2.39. The molecule has 0 aromatic heterocycles. The molecule has 0 radical (unpaired) electrons. The molecule has 0 aliphatic rings. The van der Waals surface area contributed by atoms with Crippen molar-refractivity contribution in [1.82, 2.24) is 0 Å². The van der Waals surface area contributed by atoms with E-state index in [4.69, 9.17) is 0 Å². The Bertz CT molecular complexity index is 246. The second-order valence-electron chi connectivity index (χ2n) is 8.99. The zero-order valence-corrected chi connectivity index (χ0v) is 18.6. The monoisotopic (exact) mass is 354 g/mol. The third-order valence-electron chi connectivity index (χ3n) is 5.97. The largest absolute Gasteiger partial charge is 0.329 e. The predicted octanol–water partition coefficient (Wildman–Crippen LogP) is 8.12. The van der Waals surface area contributed by atoms with Crippen molar-refractivity contribution in [1.29, 1.82) is 0 Å². The van der Waals surface area contributed by atoms with E-state index in [2.05, 4.69) is 27.9 Å². The van der Waals surface area contributed by atoms with Gasteiger partial charge in [-0.25, -0.2) is 0 Å². The van der Waals surface area contributed by atoms with E-state index in [-0.39, 0.29) is 0 Å².